The van der Waals surface area contributed by atoms with Gasteiger partial charge in [0.05, 0.1) is 0 Å². The molecule has 1 atom stereocenters. The summed E-state index contributed by atoms with van der Waals surface area (Å²) in [5.41, 5.74) is 0.840. The van der Waals surface area contributed by atoms with Gasteiger partial charge in [0, 0.05) is 16.4 Å². The molecule has 0 saturated heterocycles. The van der Waals surface area contributed by atoms with E-state index in [2.05, 4.69) is 26.5 Å². The highest BCUT2D eigenvalue weighted by molar-refractivity contribution is 6.10. The lowest BCUT2D eigenvalue weighted by atomic mass is 9.66. The number of fused-ring (bicyclic) bond motifs is 1. The molecular weight excluding hydrogens is 212 g/mol. The van der Waals surface area contributed by atoms with Crippen molar-refractivity contribution < 1.29 is 9.90 Å². The molecule has 0 aromatic carbocycles. The van der Waals surface area contributed by atoms with Crippen molar-refractivity contribution in [2.75, 3.05) is 0 Å². The zero-order valence-electron chi connectivity index (χ0n) is 10.6. The van der Waals surface area contributed by atoms with Crippen molar-refractivity contribution in [1.29, 1.82) is 0 Å². The molecule has 3 rings (SSSR count). The van der Waals surface area contributed by atoms with Crippen molar-refractivity contribution in [2.45, 2.75) is 39.2 Å². The van der Waals surface area contributed by atoms with Crippen LogP contribution in [0.15, 0.2) is 35.5 Å². The third kappa shape index (κ3) is 1.12. The molecule has 0 radical (unpaired) electrons. The van der Waals surface area contributed by atoms with Crippen LogP contribution >= 0.6 is 0 Å². The molecule has 2 nitrogen and oxygen atoms in total. The molecule has 3 aliphatic carbocycles. The molecule has 2 fully saturated rings. The summed E-state index contributed by atoms with van der Waals surface area (Å²) >= 11 is 0. The number of aliphatic hydroxyl groups is 1. The highest BCUT2D eigenvalue weighted by Gasteiger charge is 2.66. The maximum absolute atomic E-state index is 12.4. The topological polar surface area (TPSA) is 37.3 Å². The Labute approximate surface area is 102 Å². The zero-order chi connectivity index (χ0) is 12.6. The van der Waals surface area contributed by atoms with Crippen molar-refractivity contribution >= 4 is 5.78 Å². The number of allylic oxidation sites excluding steroid dienone is 3. The Morgan fingerprint density at radius 3 is 2.24 bits per heavy atom. The van der Waals surface area contributed by atoms with Crippen LogP contribution in [0.5, 0.6) is 0 Å². The molecule has 3 aliphatic rings. The average Bonchev–Trinajstić information content (AvgIpc) is 2.95. The first-order valence-corrected chi connectivity index (χ1v) is 6.14. The normalized spacial score (nSPS) is 36.7. The molecule has 0 bridgehead atoms. The lowest BCUT2D eigenvalue weighted by molar-refractivity contribution is -0.137. The van der Waals surface area contributed by atoms with Gasteiger partial charge in [0.2, 0.25) is 0 Å². The maximum atomic E-state index is 12.4. The van der Waals surface area contributed by atoms with E-state index >= 15 is 0 Å². The van der Waals surface area contributed by atoms with Crippen LogP contribution in [0.3, 0.4) is 0 Å². The average molecular weight is 230 g/mol. The van der Waals surface area contributed by atoms with Gasteiger partial charge in [-0.15, -0.1) is 0 Å². The third-order valence-corrected chi connectivity index (χ3v) is 4.59. The Kier molecular flexibility index (Phi) is 1.70. The van der Waals surface area contributed by atoms with Gasteiger partial charge in [-0.3, -0.25) is 4.79 Å². The Bertz CT molecular complexity index is 477. The second-order valence-corrected chi connectivity index (χ2v) is 6.40. The molecule has 0 heterocycles. The smallest absolute Gasteiger partial charge is 0.195 e. The van der Waals surface area contributed by atoms with Gasteiger partial charge in [0.1, 0.15) is 5.60 Å². The van der Waals surface area contributed by atoms with Crippen molar-refractivity contribution in [2.24, 2.45) is 10.8 Å². The number of Topliss-reactive ketones (excluding diaryl/α,β-unsaturated/α-hetero) is 1. The van der Waals surface area contributed by atoms with Crippen LogP contribution in [0.2, 0.25) is 0 Å². The molecule has 90 valence electrons. The minimum atomic E-state index is -1.27. The van der Waals surface area contributed by atoms with E-state index in [0.29, 0.717) is 5.57 Å². The number of hydrogen-bond acceptors (Lipinski definition) is 2. The summed E-state index contributed by atoms with van der Waals surface area (Å²) in [7, 11) is 0. The van der Waals surface area contributed by atoms with Crippen molar-refractivity contribution in [3.05, 3.63) is 35.5 Å². The van der Waals surface area contributed by atoms with Gasteiger partial charge in [-0.2, -0.15) is 0 Å². The summed E-state index contributed by atoms with van der Waals surface area (Å²) < 4.78 is 0. The molecule has 1 spiro atoms. The summed E-state index contributed by atoms with van der Waals surface area (Å²) in [6, 6.07) is 0. The van der Waals surface area contributed by atoms with Gasteiger partial charge in [0.15, 0.2) is 5.78 Å². The number of carbonyl (C=O) groups is 1. The maximum Gasteiger partial charge on any atom is 0.195 e. The molecule has 0 amide bonds. The van der Waals surface area contributed by atoms with E-state index < -0.39 is 5.60 Å². The van der Waals surface area contributed by atoms with Crippen LogP contribution in [0, 0.1) is 10.8 Å². The summed E-state index contributed by atoms with van der Waals surface area (Å²) in [6.45, 7) is 9.93. The van der Waals surface area contributed by atoms with Crippen LogP contribution in [0.25, 0.3) is 0 Å². The fourth-order valence-corrected chi connectivity index (χ4v) is 3.32. The minimum Gasteiger partial charge on any atom is -0.381 e. The first kappa shape index (κ1) is 11.0. The molecule has 0 aliphatic heterocycles. The van der Waals surface area contributed by atoms with Crippen LogP contribution < -0.4 is 0 Å². The summed E-state index contributed by atoms with van der Waals surface area (Å²) in [5.74, 6) is -0.126. The molecule has 0 aromatic rings. The van der Waals surface area contributed by atoms with Gasteiger partial charge in [0.25, 0.3) is 0 Å². The van der Waals surface area contributed by atoms with E-state index in [0.717, 1.165) is 24.0 Å². The van der Waals surface area contributed by atoms with Crippen LogP contribution in [-0.4, -0.2) is 16.5 Å². The van der Waals surface area contributed by atoms with Crippen LogP contribution in [-0.2, 0) is 4.79 Å². The van der Waals surface area contributed by atoms with Crippen molar-refractivity contribution in [1.82, 2.24) is 0 Å². The fourth-order valence-electron chi connectivity index (χ4n) is 3.32. The largest absolute Gasteiger partial charge is 0.381 e. The van der Waals surface area contributed by atoms with E-state index in [1.54, 1.807) is 6.92 Å². The highest BCUT2D eigenvalue weighted by Crippen LogP contribution is 2.66. The number of hydrogen-bond donors (Lipinski definition) is 1. The Morgan fingerprint density at radius 2 is 1.71 bits per heavy atom. The highest BCUT2D eigenvalue weighted by atomic mass is 16.3. The van der Waals surface area contributed by atoms with Gasteiger partial charge in [-0.1, -0.05) is 32.6 Å². The Morgan fingerprint density at radius 1 is 1.18 bits per heavy atom. The third-order valence-electron chi connectivity index (χ3n) is 4.59. The molecule has 2 saturated carbocycles. The van der Waals surface area contributed by atoms with Crippen molar-refractivity contribution in [3.63, 3.8) is 0 Å². The lowest BCUT2D eigenvalue weighted by Gasteiger charge is -2.39. The van der Waals surface area contributed by atoms with E-state index in [1.807, 2.05) is 6.08 Å². The molecular formula is C15H18O2. The van der Waals surface area contributed by atoms with Crippen molar-refractivity contribution in [3.8, 4) is 0 Å². The van der Waals surface area contributed by atoms with Gasteiger partial charge in [-0.25, -0.2) is 0 Å². The summed E-state index contributed by atoms with van der Waals surface area (Å²) in [5, 5.41) is 10.5. The Hall–Kier alpha value is -1.15. The van der Waals surface area contributed by atoms with Gasteiger partial charge < -0.3 is 5.11 Å². The minimum absolute atomic E-state index is 0.111. The molecule has 1 N–H and O–H groups in total. The second-order valence-electron chi connectivity index (χ2n) is 6.40. The van der Waals surface area contributed by atoms with Crippen LogP contribution in [0.4, 0.5) is 0 Å². The lowest BCUT2D eigenvalue weighted by Crippen LogP contribution is -2.50. The monoisotopic (exact) mass is 230 g/mol. The second kappa shape index (κ2) is 2.64. The molecule has 0 aromatic heterocycles. The van der Waals surface area contributed by atoms with E-state index in [4.69, 9.17) is 0 Å². The van der Waals surface area contributed by atoms with E-state index in [-0.39, 0.29) is 16.6 Å². The standard InChI is InChI=1S/C15H18O2/c1-9-10-7-13(2,3)8-11(10)12(16)14(4,17)15(9)5-6-15/h7-8,17H,1,5-6H2,2-4H3. The number of ketones is 1. The van der Waals surface area contributed by atoms with Crippen LogP contribution in [0.1, 0.15) is 33.6 Å². The number of carbonyl (C=O) groups excluding carboxylic acids is 1. The van der Waals surface area contributed by atoms with E-state index in [9.17, 15) is 9.90 Å². The van der Waals surface area contributed by atoms with E-state index in [1.165, 1.54) is 0 Å². The predicted molar refractivity (Wildman–Crippen MR) is 66.4 cm³/mol. The molecule has 2 heteroatoms. The first-order valence-electron chi connectivity index (χ1n) is 6.14. The zero-order valence-corrected chi connectivity index (χ0v) is 10.6. The van der Waals surface area contributed by atoms with Gasteiger partial charge >= 0.3 is 0 Å². The quantitative estimate of drug-likeness (QED) is 0.694. The summed E-state index contributed by atoms with van der Waals surface area (Å²) in [6.07, 6.45) is 5.81. The summed E-state index contributed by atoms with van der Waals surface area (Å²) in [4.78, 5) is 12.4. The molecule has 17 heavy (non-hydrogen) atoms. The SMILES string of the molecule is C=C1C2=CC(C)(C)C=C2C(=O)C(C)(O)C12CC2. The Balaban J connectivity index is 2.21. The molecule has 1 unspecified atom stereocenters. The van der Waals surface area contributed by atoms with Gasteiger partial charge in [-0.05, 0) is 30.9 Å². The predicted octanol–water partition coefficient (Wildman–Crippen LogP) is 2.55. The first-order chi connectivity index (χ1) is 7.71. The fraction of sp³-hybridized carbons (Fsp3) is 0.533. The number of rotatable bonds is 0.